The molecule has 2 aromatic rings. The molecule has 2 aromatic heterocycles. The van der Waals surface area contributed by atoms with Crippen molar-refractivity contribution in [3.8, 4) is 0 Å². The molecule has 0 bridgehead atoms. The SMILES string of the molecule is Cc1nc(C)c(CNC(=O)c2cccc(N)n2)s1.Cl.Cl. The number of pyridine rings is 1. The summed E-state index contributed by atoms with van der Waals surface area (Å²) in [5.74, 6) is 0.111. The zero-order valence-electron chi connectivity index (χ0n) is 11.0. The van der Waals surface area contributed by atoms with Crippen molar-refractivity contribution in [2.75, 3.05) is 5.73 Å². The fourth-order valence-corrected chi connectivity index (χ4v) is 2.44. The lowest BCUT2D eigenvalue weighted by molar-refractivity contribution is 0.0946. The van der Waals surface area contributed by atoms with Gasteiger partial charge >= 0.3 is 0 Å². The third kappa shape index (κ3) is 4.63. The van der Waals surface area contributed by atoms with Crippen molar-refractivity contribution in [1.29, 1.82) is 0 Å². The van der Waals surface area contributed by atoms with Crippen molar-refractivity contribution >= 4 is 47.9 Å². The Bertz CT molecular complexity index is 589. The van der Waals surface area contributed by atoms with Crippen LogP contribution in [-0.4, -0.2) is 15.9 Å². The van der Waals surface area contributed by atoms with Crippen LogP contribution in [0.2, 0.25) is 0 Å². The first-order valence-corrected chi connectivity index (χ1v) is 6.31. The van der Waals surface area contributed by atoms with Crippen LogP contribution < -0.4 is 11.1 Å². The summed E-state index contributed by atoms with van der Waals surface area (Å²) in [4.78, 5) is 21.2. The number of amides is 1. The Balaban J connectivity index is 0.00000180. The predicted octanol–water partition coefficient (Wildman–Crippen LogP) is 2.51. The standard InChI is InChI=1S/C12H14N4OS.2ClH/c1-7-10(18-8(2)15-7)6-14-12(17)9-4-3-5-11(13)16-9;;/h3-5H,6H2,1-2H3,(H2,13,16)(H,14,17);2*1H. The van der Waals surface area contributed by atoms with Crippen LogP contribution in [-0.2, 0) is 6.54 Å². The van der Waals surface area contributed by atoms with Gasteiger partial charge in [0.15, 0.2) is 0 Å². The molecule has 20 heavy (non-hydrogen) atoms. The molecule has 0 spiro atoms. The van der Waals surface area contributed by atoms with E-state index >= 15 is 0 Å². The monoisotopic (exact) mass is 334 g/mol. The molecule has 0 saturated carbocycles. The smallest absolute Gasteiger partial charge is 0.270 e. The molecule has 0 unspecified atom stereocenters. The van der Waals surface area contributed by atoms with E-state index in [1.807, 2.05) is 13.8 Å². The van der Waals surface area contributed by atoms with Crippen LogP contribution in [0.1, 0.15) is 26.1 Å². The molecule has 5 nitrogen and oxygen atoms in total. The number of thiazole rings is 1. The summed E-state index contributed by atoms with van der Waals surface area (Å²) in [6, 6.07) is 4.99. The van der Waals surface area contributed by atoms with E-state index in [9.17, 15) is 4.79 Å². The van der Waals surface area contributed by atoms with Gasteiger partial charge in [-0.3, -0.25) is 4.79 Å². The maximum Gasteiger partial charge on any atom is 0.270 e. The molecule has 0 atom stereocenters. The van der Waals surface area contributed by atoms with E-state index in [1.165, 1.54) is 0 Å². The van der Waals surface area contributed by atoms with Gasteiger partial charge in [-0.05, 0) is 26.0 Å². The number of nitrogens with zero attached hydrogens (tertiary/aromatic N) is 2. The highest BCUT2D eigenvalue weighted by molar-refractivity contribution is 7.11. The number of nitrogen functional groups attached to an aromatic ring is 1. The Morgan fingerprint density at radius 1 is 1.30 bits per heavy atom. The van der Waals surface area contributed by atoms with Gasteiger partial charge < -0.3 is 11.1 Å². The molecule has 0 aromatic carbocycles. The Morgan fingerprint density at radius 3 is 2.55 bits per heavy atom. The average Bonchev–Trinajstić information content (AvgIpc) is 2.65. The highest BCUT2D eigenvalue weighted by Crippen LogP contribution is 2.16. The highest BCUT2D eigenvalue weighted by Gasteiger charge is 2.09. The van der Waals surface area contributed by atoms with Crippen molar-refractivity contribution in [3.05, 3.63) is 39.5 Å². The molecule has 3 N–H and O–H groups in total. The summed E-state index contributed by atoms with van der Waals surface area (Å²) < 4.78 is 0. The Hall–Kier alpha value is -1.37. The molecule has 1 amide bonds. The predicted molar refractivity (Wildman–Crippen MR) is 85.9 cm³/mol. The summed E-state index contributed by atoms with van der Waals surface area (Å²) in [5, 5.41) is 3.81. The van der Waals surface area contributed by atoms with Gasteiger partial charge in [-0.1, -0.05) is 6.07 Å². The summed E-state index contributed by atoms with van der Waals surface area (Å²) in [5.41, 5.74) is 6.82. The first-order chi connectivity index (χ1) is 8.56. The zero-order valence-corrected chi connectivity index (χ0v) is 13.5. The molecular formula is C12H16Cl2N4OS. The summed E-state index contributed by atoms with van der Waals surface area (Å²) in [6.07, 6.45) is 0. The van der Waals surface area contributed by atoms with E-state index in [0.717, 1.165) is 15.6 Å². The van der Waals surface area contributed by atoms with Gasteiger partial charge in [-0.25, -0.2) is 9.97 Å². The fraction of sp³-hybridized carbons (Fsp3) is 0.250. The minimum atomic E-state index is -0.229. The zero-order chi connectivity index (χ0) is 13.1. The van der Waals surface area contributed by atoms with Gasteiger partial charge in [0.25, 0.3) is 5.91 Å². The van der Waals surface area contributed by atoms with Crippen LogP contribution in [0.15, 0.2) is 18.2 Å². The third-order valence-corrected chi connectivity index (χ3v) is 3.49. The van der Waals surface area contributed by atoms with Crippen LogP contribution in [0.3, 0.4) is 0 Å². The van der Waals surface area contributed by atoms with E-state index in [2.05, 4.69) is 15.3 Å². The lowest BCUT2D eigenvalue weighted by Crippen LogP contribution is -2.23. The topological polar surface area (TPSA) is 80.9 Å². The van der Waals surface area contributed by atoms with Crippen molar-refractivity contribution < 1.29 is 4.79 Å². The quantitative estimate of drug-likeness (QED) is 0.903. The first kappa shape index (κ1) is 18.6. The number of hydrogen-bond donors (Lipinski definition) is 2. The first-order valence-electron chi connectivity index (χ1n) is 5.50. The molecule has 0 aliphatic carbocycles. The van der Waals surface area contributed by atoms with Crippen LogP contribution >= 0.6 is 36.2 Å². The maximum absolute atomic E-state index is 11.8. The largest absolute Gasteiger partial charge is 0.384 e. The number of nitrogens with two attached hydrogens (primary N) is 1. The van der Waals surface area contributed by atoms with Crippen LogP contribution in [0, 0.1) is 13.8 Å². The molecule has 0 radical (unpaired) electrons. The summed E-state index contributed by atoms with van der Waals surface area (Å²) in [7, 11) is 0. The van der Waals surface area contributed by atoms with E-state index in [-0.39, 0.29) is 30.7 Å². The number of halogens is 2. The molecule has 0 fully saturated rings. The number of carbonyl (C=O) groups is 1. The third-order valence-electron chi connectivity index (χ3n) is 2.41. The molecule has 2 rings (SSSR count). The molecule has 8 heteroatoms. The molecule has 0 aliphatic rings. The lowest BCUT2D eigenvalue weighted by atomic mass is 10.3. The number of hydrogen-bond acceptors (Lipinski definition) is 5. The fourth-order valence-electron chi connectivity index (χ4n) is 1.57. The number of rotatable bonds is 3. The van der Waals surface area contributed by atoms with Crippen LogP contribution in [0.25, 0.3) is 0 Å². The van der Waals surface area contributed by atoms with E-state index < -0.39 is 0 Å². The number of aryl methyl sites for hydroxylation is 2. The van der Waals surface area contributed by atoms with Crippen molar-refractivity contribution in [3.63, 3.8) is 0 Å². The van der Waals surface area contributed by atoms with Crippen LogP contribution in [0.4, 0.5) is 5.82 Å². The van der Waals surface area contributed by atoms with Crippen molar-refractivity contribution in [1.82, 2.24) is 15.3 Å². The van der Waals surface area contributed by atoms with Gasteiger partial charge in [0.1, 0.15) is 11.5 Å². The lowest BCUT2D eigenvalue weighted by Gasteiger charge is -2.04. The molecule has 110 valence electrons. The highest BCUT2D eigenvalue weighted by atomic mass is 35.5. The Morgan fingerprint density at radius 2 is 2.00 bits per heavy atom. The minimum Gasteiger partial charge on any atom is -0.384 e. The molecule has 0 saturated heterocycles. The van der Waals surface area contributed by atoms with Gasteiger partial charge in [0.05, 0.1) is 17.2 Å². The maximum atomic E-state index is 11.8. The number of aromatic nitrogens is 2. The van der Waals surface area contributed by atoms with E-state index in [1.54, 1.807) is 29.5 Å². The van der Waals surface area contributed by atoms with Crippen molar-refractivity contribution in [2.45, 2.75) is 20.4 Å². The van der Waals surface area contributed by atoms with Gasteiger partial charge in [-0.15, -0.1) is 36.2 Å². The normalized spacial score (nSPS) is 9.30. The Labute approximate surface area is 133 Å². The van der Waals surface area contributed by atoms with Crippen molar-refractivity contribution in [2.24, 2.45) is 0 Å². The molecular weight excluding hydrogens is 319 g/mol. The van der Waals surface area contributed by atoms with Gasteiger partial charge in [0.2, 0.25) is 0 Å². The Kier molecular flexibility index (Phi) is 7.49. The number of anilines is 1. The number of nitrogens with one attached hydrogen (secondary N) is 1. The van der Waals surface area contributed by atoms with E-state index in [0.29, 0.717) is 18.1 Å². The minimum absolute atomic E-state index is 0. The molecule has 0 aliphatic heterocycles. The second-order valence-corrected chi connectivity index (χ2v) is 5.16. The average molecular weight is 335 g/mol. The summed E-state index contributed by atoms with van der Waals surface area (Å²) in [6.45, 7) is 4.35. The summed E-state index contributed by atoms with van der Waals surface area (Å²) >= 11 is 1.58. The second kappa shape index (κ2) is 8.04. The van der Waals surface area contributed by atoms with Crippen LogP contribution in [0.5, 0.6) is 0 Å². The van der Waals surface area contributed by atoms with Gasteiger partial charge in [-0.2, -0.15) is 0 Å². The molecule has 2 heterocycles. The second-order valence-electron chi connectivity index (χ2n) is 3.87. The number of carbonyl (C=O) groups excluding carboxylic acids is 1. The van der Waals surface area contributed by atoms with Gasteiger partial charge in [0, 0.05) is 4.88 Å². The van der Waals surface area contributed by atoms with E-state index in [4.69, 9.17) is 5.73 Å².